The number of aryl methyl sites for hydroxylation is 1. The van der Waals surface area contributed by atoms with Gasteiger partial charge < -0.3 is 15.0 Å². The molecule has 3 rings (SSSR count). The number of nitrogens with zero attached hydrogens (tertiary/aromatic N) is 2. The van der Waals surface area contributed by atoms with Crippen LogP contribution in [0.1, 0.15) is 11.1 Å². The van der Waals surface area contributed by atoms with Gasteiger partial charge in [-0.2, -0.15) is 0 Å². The number of amides is 2. The maximum Gasteiger partial charge on any atom is 0.322 e. The lowest BCUT2D eigenvalue weighted by Gasteiger charge is -2.30. The molecule has 144 valence electrons. The fraction of sp³-hybridized carbons (Fsp3) is 0.381. The first kappa shape index (κ1) is 19.3. The Hall–Kier alpha value is -2.44. The predicted octanol–water partition coefficient (Wildman–Crippen LogP) is 3.50. The standard InChI is InChI=1S/C21H26FN3O2/c1-17-6-8-19(9-7-17)23-21(26)25(11-10-24-12-14-27-15-13-24)16-18-4-2-3-5-20(18)22/h2-9H,10-16H2,1H3,(H,23,26). The number of hydrogen-bond donors (Lipinski definition) is 1. The Morgan fingerprint density at radius 2 is 1.85 bits per heavy atom. The number of benzene rings is 2. The van der Waals surface area contributed by atoms with Crippen molar-refractivity contribution < 1.29 is 13.9 Å². The van der Waals surface area contributed by atoms with Gasteiger partial charge in [0.15, 0.2) is 0 Å². The van der Waals surface area contributed by atoms with E-state index < -0.39 is 0 Å². The maximum absolute atomic E-state index is 14.1. The van der Waals surface area contributed by atoms with Gasteiger partial charge in [0, 0.05) is 37.4 Å². The molecular weight excluding hydrogens is 345 g/mol. The lowest BCUT2D eigenvalue weighted by molar-refractivity contribution is 0.0349. The van der Waals surface area contributed by atoms with Crippen LogP contribution in [0.5, 0.6) is 0 Å². The molecule has 27 heavy (non-hydrogen) atoms. The van der Waals surface area contributed by atoms with E-state index in [1.165, 1.54) is 6.07 Å². The van der Waals surface area contributed by atoms with Crippen molar-refractivity contribution in [3.8, 4) is 0 Å². The van der Waals surface area contributed by atoms with Crippen LogP contribution in [0.4, 0.5) is 14.9 Å². The van der Waals surface area contributed by atoms with Crippen LogP contribution in [0.25, 0.3) is 0 Å². The first-order chi connectivity index (χ1) is 13.1. The second-order valence-corrected chi connectivity index (χ2v) is 6.76. The molecule has 0 radical (unpaired) electrons. The molecule has 2 aromatic rings. The lowest BCUT2D eigenvalue weighted by atomic mass is 10.2. The third-order valence-electron chi connectivity index (χ3n) is 4.70. The molecule has 5 nitrogen and oxygen atoms in total. The molecule has 1 N–H and O–H groups in total. The molecular formula is C21H26FN3O2. The summed E-state index contributed by atoms with van der Waals surface area (Å²) in [4.78, 5) is 16.8. The number of hydrogen-bond acceptors (Lipinski definition) is 3. The van der Waals surface area contributed by atoms with Crippen molar-refractivity contribution in [2.45, 2.75) is 13.5 Å². The summed E-state index contributed by atoms with van der Waals surface area (Å²) in [7, 11) is 0. The summed E-state index contributed by atoms with van der Waals surface area (Å²) < 4.78 is 19.5. The summed E-state index contributed by atoms with van der Waals surface area (Å²) in [5, 5.41) is 2.92. The number of nitrogens with one attached hydrogen (secondary N) is 1. The van der Waals surface area contributed by atoms with Crippen LogP contribution in [0.3, 0.4) is 0 Å². The van der Waals surface area contributed by atoms with Gasteiger partial charge in [-0.15, -0.1) is 0 Å². The van der Waals surface area contributed by atoms with E-state index >= 15 is 0 Å². The zero-order chi connectivity index (χ0) is 19.1. The highest BCUT2D eigenvalue weighted by Crippen LogP contribution is 2.14. The van der Waals surface area contributed by atoms with Gasteiger partial charge in [0.25, 0.3) is 0 Å². The van der Waals surface area contributed by atoms with Gasteiger partial charge in [-0.25, -0.2) is 9.18 Å². The van der Waals surface area contributed by atoms with E-state index in [1.807, 2.05) is 31.2 Å². The minimum atomic E-state index is -0.294. The number of urea groups is 1. The second-order valence-electron chi connectivity index (χ2n) is 6.76. The molecule has 6 heteroatoms. The van der Waals surface area contributed by atoms with E-state index in [1.54, 1.807) is 23.1 Å². The molecule has 1 saturated heterocycles. The molecule has 2 aromatic carbocycles. The van der Waals surface area contributed by atoms with Crippen molar-refractivity contribution in [2.24, 2.45) is 0 Å². The number of anilines is 1. The van der Waals surface area contributed by atoms with E-state index in [-0.39, 0.29) is 18.4 Å². The SMILES string of the molecule is Cc1ccc(NC(=O)N(CCN2CCOCC2)Cc2ccccc2F)cc1. The van der Waals surface area contributed by atoms with Gasteiger partial charge in [0.1, 0.15) is 5.82 Å². The molecule has 1 heterocycles. The Labute approximate surface area is 159 Å². The highest BCUT2D eigenvalue weighted by Gasteiger charge is 2.18. The number of rotatable bonds is 6. The molecule has 0 bridgehead atoms. The van der Waals surface area contributed by atoms with Crippen molar-refractivity contribution in [1.29, 1.82) is 0 Å². The summed E-state index contributed by atoms with van der Waals surface area (Å²) in [6.45, 7) is 6.62. The first-order valence-corrected chi connectivity index (χ1v) is 9.28. The highest BCUT2D eigenvalue weighted by molar-refractivity contribution is 5.89. The average molecular weight is 371 g/mol. The van der Waals surface area contributed by atoms with Gasteiger partial charge in [-0.05, 0) is 25.1 Å². The third-order valence-corrected chi connectivity index (χ3v) is 4.70. The Kier molecular flexibility index (Phi) is 6.79. The van der Waals surface area contributed by atoms with Crippen molar-refractivity contribution in [3.63, 3.8) is 0 Å². The molecule has 0 spiro atoms. The van der Waals surface area contributed by atoms with Crippen LogP contribution < -0.4 is 5.32 Å². The maximum atomic E-state index is 14.1. The van der Waals surface area contributed by atoms with Crippen molar-refractivity contribution in [2.75, 3.05) is 44.7 Å². The highest BCUT2D eigenvalue weighted by atomic mass is 19.1. The lowest BCUT2D eigenvalue weighted by Crippen LogP contribution is -2.44. The Balaban J connectivity index is 1.68. The van der Waals surface area contributed by atoms with Gasteiger partial charge in [0.2, 0.25) is 0 Å². The van der Waals surface area contributed by atoms with Crippen molar-refractivity contribution in [3.05, 3.63) is 65.5 Å². The molecule has 0 aromatic heterocycles. The monoisotopic (exact) mass is 371 g/mol. The zero-order valence-corrected chi connectivity index (χ0v) is 15.7. The number of carbonyl (C=O) groups excluding carboxylic acids is 1. The van der Waals surface area contributed by atoms with E-state index in [0.29, 0.717) is 25.3 Å². The summed E-state index contributed by atoms with van der Waals surface area (Å²) >= 11 is 0. The molecule has 1 aliphatic rings. The Morgan fingerprint density at radius 1 is 1.15 bits per heavy atom. The summed E-state index contributed by atoms with van der Waals surface area (Å²) in [5.74, 6) is -0.294. The van der Waals surface area contributed by atoms with Crippen molar-refractivity contribution in [1.82, 2.24) is 9.80 Å². The van der Waals surface area contributed by atoms with Gasteiger partial charge >= 0.3 is 6.03 Å². The number of halogens is 1. The molecule has 2 amide bonds. The Bertz CT molecular complexity index is 745. The molecule has 1 aliphatic heterocycles. The molecule has 0 aliphatic carbocycles. The molecule has 1 fully saturated rings. The van der Waals surface area contributed by atoms with E-state index in [2.05, 4.69) is 10.2 Å². The fourth-order valence-corrected chi connectivity index (χ4v) is 3.01. The summed E-state index contributed by atoms with van der Waals surface area (Å²) in [6, 6.07) is 14.0. The topological polar surface area (TPSA) is 44.8 Å². The first-order valence-electron chi connectivity index (χ1n) is 9.28. The quantitative estimate of drug-likeness (QED) is 0.845. The van der Waals surface area contributed by atoms with Gasteiger partial charge in [-0.3, -0.25) is 4.90 Å². The summed E-state index contributed by atoms with van der Waals surface area (Å²) in [5.41, 5.74) is 2.37. The number of morpholine rings is 1. The van der Waals surface area contributed by atoms with Crippen LogP contribution >= 0.6 is 0 Å². The minimum absolute atomic E-state index is 0.227. The fourth-order valence-electron chi connectivity index (χ4n) is 3.01. The predicted molar refractivity (Wildman–Crippen MR) is 104 cm³/mol. The third kappa shape index (κ3) is 5.77. The minimum Gasteiger partial charge on any atom is -0.379 e. The number of ether oxygens (including phenoxy) is 1. The zero-order valence-electron chi connectivity index (χ0n) is 15.7. The van der Waals surface area contributed by atoms with Crippen LogP contribution in [0.15, 0.2) is 48.5 Å². The van der Waals surface area contributed by atoms with Crippen LogP contribution in [0.2, 0.25) is 0 Å². The van der Waals surface area contributed by atoms with E-state index in [4.69, 9.17) is 4.74 Å². The normalized spacial score (nSPS) is 14.7. The largest absolute Gasteiger partial charge is 0.379 e. The van der Waals surface area contributed by atoms with E-state index in [9.17, 15) is 9.18 Å². The van der Waals surface area contributed by atoms with Crippen LogP contribution in [0, 0.1) is 12.7 Å². The summed E-state index contributed by atoms with van der Waals surface area (Å²) in [6.07, 6.45) is 0. The average Bonchev–Trinajstić information content (AvgIpc) is 2.69. The van der Waals surface area contributed by atoms with Crippen LogP contribution in [-0.4, -0.2) is 55.2 Å². The van der Waals surface area contributed by atoms with Crippen LogP contribution in [-0.2, 0) is 11.3 Å². The van der Waals surface area contributed by atoms with E-state index in [0.717, 1.165) is 30.9 Å². The Morgan fingerprint density at radius 3 is 2.56 bits per heavy atom. The van der Waals surface area contributed by atoms with Crippen molar-refractivity contribution >= 4 is 11.7 Å². The smallest absolute Gasteiger partial charge is 0.322 e. The van der Waals surface area contributed by atoms with Gasteiger partial charge in [0.05, 0.1) is 19.8 Å². The molecule has 0 unspecified atom stereocenters. The molecule has 0 saturated carbocycles. The second kappa shape index (κ2) is 9.48. The van der Waals surface area contributed by atoms with Gasteiger partial charge in [-0.1, -0.05) is 35.9 Å². The number of carbonyl (C=O) groups is 1. The molecule has 0 atom stereocenters.